The van der Waals surface area contributed by atoms with Crippen LogP contribution in [0.3, 0.4) is 0 Å². The first-order chi connectivity index (χ1) is 9.51. The van der Waals surface area contributed by atoms with Gasteiger partial charge in [0.2, 0.25) is 5.91 Å². The lowest BCUT2D eigenvalue weighted by molar-refractivity contribution is -0.126. The van der Waals surface area contributed by atoms with Crippen molar-refractivity contribution in [2.24, 2.45) is 5.73 Å². The number of ether oxygens (including phenoxy) is 1. The molecule has 4 heteroatoms. The summed E-state index contributed by atoms with van der Waals surface area (Å²) in [6, 6.07) is 7.87. The van der Waals surface area contributed by atoms with Gasteiger partial charge in [0.05, 0.1) is 12.1 Å². The summed E-state index contributed by atoms with van der Waals surface area (Å²) in [5.74, 6) is 0.813. The molecule has 2 rings (SSSR count). The molecule has 1 aromatic carbocycles. The summed E-state index contributed by atoms with van der Waals surface area (Å²) >= 11 is 0. The first-order valence-corrected chi connectivity index (χ1v) is 7.31. The Balaban J connectivity index is 1.82. The number of para-hydroxylation sites is 1. The number of hydrogen-bond acceptors (Lipinski definition) is 3. The molecule has 1 fully saturated rings. The van der Waals surface area contributed by atoms with E-state index in [0.29, 0.717) is 6.54 Å². The van der Waals surface area contributed by atoms with Gasteiger partial charge in [-0.25, -0.2) is 0 Å². The summed E-state index contributed by atoms with van der Waals surface area (Å²) in [4.78, 5) is 12.1. The quantitative estimate of drug-likeness (QED) is 0.866. The van der Waals surface area contributed by atoms with Gasteiger partial charge in [-0.2, -0.15) is 0 Å². The summed E-state index contributed by atoms with van der Waals surface area (Å²) in [6.07, 6.45) is 3.57. The van der Waals surface area contributed by atoms with Gasteiger partial charge in [-0.15, -0.1) is 0 Å². The van der Waals surface area contributed by atoms with Gasteiger partial charge in [0, 0.05) is 0 Å². The number of benzene rings is 1. The van der Waals surface area contributed by atoms with Crippen molar-refractivity contribution in [3.8, 4) is 5.75 Å². The van der Waals surface area contributed by atoms with E-state index in [1.165, 1.54) is 0 Å². The number of amides is 1. The van der Waals surface area contributed by atoms with Gasteiger partial charge < -0.3 is 15.8 Å². The standard InChI is InChI=1S/C16H24N2O2/c1-12-7-3-4-8-14(12)20-13(2)11-18-15(19)16(17)9-5-6-10-16/h3-4,7-8,13H,5-6,9-11,17H2,1-2H3,(H,18,19). The molecular weight excluding hydrogens is 252 g/mol. The van der Waals surface area contributed by atoms with Crippen molar-refractivity contribution in [3.63, 3.8) is 0 Å². The summed E-state index contributed by atoms with van der Waals surface area (Å²) in [5.41, 5.74) is 6.54. The van der Waals surface area contributed by atoms with E-state index < -0.39 is 5.54 Å². The first kappa shape index (κ1) is 14.9. The van der Waals surface area contributed by atoms with Crippen LogP contribution >= 0.6 is 0 Å². The zero-order chi connectivity index (χ0) is 14.6. The van der Waals surface area contributed by atoms with E-state index in [4.69, 9.17) is 10.5 Å². The molecule has 110 valence electrons. The third kappa shape index (κ3) is 3.51. The van der Waals surface area contributed by atoms with E-state index >= 15 is 0 Å². The van der Waals surface area contributed by atoms with Gasteiger partial charge in [0.25, 0.3) is 0 Å². The van der Waals surface area contributed by atoms with Gasteiger partial charge in [-0.3, -0.25) is 4.79 Å². The van der Waals surface area contributed by atoms with Gasteiger partial charge in [0.15, 0.2) is 0 Å². The van der Waals surface area contributed by atoms with E-state index in [1.807, 2.05) is 38.1 Å². The Morgan fingerprint density at radius 2 is 2.05 bits per heavy atom. The Morgan fingerprint density at radius 1 is 1.40 bits per heavy atom. The molecule has 1 saturated carbocycles. The minimum atomic E-state index is -0.664. The van der Waals surface area contributed by atoms with Crippen molar-refractivity contribution in [1.29, 1.82) is 0 Å². The van der Waals surface area contributed by atoms with Gasteiger partial charge in [0.1, 0.15) is 11.9 Å². The van der Waals surface area contributed by atoms with E-state index in [-0.39, 0.29) is 12.0 Å². The zero-order valence-corrected chi connectivity index (χ0v) is 12.3. The Labute approximate surface area is 120 Å². The Hall–Kier alpha value is -1.55. The normalized spacial score (nSPS) is 18.6. The Bertz CT molecular complexity index is 467. The summed E-state index contributed by atoms with van der Waals surface area (Å²) in [6.45, 7) is 4.44. The minimum absolute atomic E-state index is 0.0461. The largest absolute Gasteiger partial charge is 0.489 e. The monoisotopic (exact) mass is 276 g/mol. The number of carbonyl (C=O) groups excluding carboxylic acids is 1. The highest BCUT2D eigenvalue weighted by Gasteiger charge is 2.36. The maximum absolute atomic E-state index is 12.1. The zero-order valence-electron chi connectivity index (χ0n) is 12.3. The maximum Gasteiger partial charge on any atom is 0.240 e. The lowest BCUT2D eigenvalue weighted by Crippen LogP contribution is -2.53. The van der Waals surface area contributed by atoms with Crippen LogP contribution in [0.25, 0.3) is 0 Å². The van der Waals surface area contributed by atoms with Crippen molar-refractivity contribution in [2.45, 2.75) is 51.2 Å². The van der Waals surface area contributed by atoms with Crippen LogP contribution in [0.4, 0.5) is 0 Å². The minimum Gasteiger partial charge on any atom is -0.489 e. The van der Waals surface area contributed by atoms with Crippen molar-refractivity contribution in [2.75, 3.05) is 6.54 Å². The molecule has 0 radical (unpaired) electrons. The molecule has 0 bridgehead atoms. The third-order valence-electron chi connectivity index (χ3n) is 3.92. The van der Waals surface area contributed by atoms with Crippen molar-refractivity contribution >= 4 is 5.91 Å². The molecule has 0 aliphatic heterocycles. The number of carbonyl (C=O) groups is 1. The summed E-state index contributed by atoms with van der Waals surface area (Å²) < 4.78 is 5.84. The average Bonchev–Trinajstić information content (AvgIpc) is 2.87. The number of hydrogen-bond donors (Lipinski definition) is 2. The molecule has 1 atom stereocenters. The van der Waals surface area contributed by atoms with Crippen LogP contribution < -0.4 is 15.8 Å². The maximum atomic E-state index is 12.1. The number of nitrogens with one attached hydrogen (secondary N) is 1. The highest BCUT2D eigenvalue weighted by atomic mass is 16.5. The molecule has 1 amide bonds. The van der Waals surface area contributed by atoms with Crippen LogP contribution in [-0.4, -0.2) is 24.1 Å². The number of nitrogens with two attached hydrogens (primary N) is 1. The van der Waals surface area contributed by atoms with Crippen molar-refractivity contribution < 1.29 is 9.53 Å². The Morgan fingerprint density at radius 3 is 2.70 bits per heavy atom. The van der Waals surface area contributed by atoms with Crippen LogP contribution in [0, 0.1) is 6.92 Å². The highest BCUT2D eigenvalue weighted by molar-refractivity contribution is 5.86. The molecular formula is C16H24N2O2. The van der Waals surface area contributed by atoms with Gasteiger partial charge in [-0.1, -0.05) is 31.0 Å². The molecule has 1 aliphatic rings. The van der Waals surface area contributed by atoms with Crippen LogP contribution in [0.5, 0.6) is 5.75 Å². The van der Waals surface area contributed by atoms with Crippen LogP contribution in [0.15, 0.2) is 24.3 Å². The third-order valence-corrected chi connectivity index (χ3v) is 3.92. The van der Waals surface area contributed by atoms with Crippen molar-refractivity contribution in [3.05, 3.63) is 29.8 Å². The predicted octanol–water partition coefficient (Wildman–Crippen LogP) is 2.15. The molecule has 1 aliphatic carbocycles. The molecule has 0 saturated heterocycles. The van der Waals surface area contributed by atoms with Crippen LogP contribution in [-0.2, 0) is 4.79 Å². The summed E-state index contributed by atoms with van der Waals surface area (Å²) in [5, 5.41) is 2.92. The molecule has 20 heavy (non-hydrogen) atoms. The molecule has 0 spiro atoms. The van der Waals surface area contributed by atoms with Gasteiger partial charge >= 0.3 is 0 Å². The van der Waals surface area contributed by atoms with E-state index in [1.54, 1.807) is 0 Å². The van der Waals surface area contributed by atoms with E-state index in [2.05, 4.69) is 5.32 Å². The van der Waals surface area contributed by atoms with E-state index in [9.17, 15) is 4.79 Å². The average molecular weight is 276 g/mol. The second kappa shape index (κ2) is 6.27. The smallest absolute Gasteiger partial charge is 0.240 e. The topological polar surface area (TPSA) is 64.3 Å². The van der Waals surface area contributed by atoms with Crippen LogP contribution in [0.1, 0.15) is 38.2 Å². The lowest BCUT2D eigenvalue weighted by Gasteiger charge is -2.24. The molecule has 4 nitrogen and oxygen atoms in total. The SMILES string of the molecule is Cc1ccccc1OC(C)CNC(=O)C1(N)CCCC1. The molecule has 0 heterocycles. The lowest BCUT2D eigenvalue weighted by atomic mass is 9.98. The Kier molecular flexibility index (Phi) is 4.65. The molecule has 3 N–H and O–H groups in total. The van der Waals surface area contributed by atoms with Gasteiger partial charge in [-0.05, 0) is 38.3 Å². The van der Waals surface area contributed by atoms with Crippen LogP contribution in [0.2, 0.25) is 0 Å². The second-order valence-electron chi connectivity index (χ2n) is 5.77. The molecule has 1 unspecified atom stereocenters. The van der Waals surface area contributed by atoms with E-state index in [0.717, 1.165) is 37.0 Å². The highest BCUT2D eigenvalue weighted by Crippen LogP contribution is 2.27. The fraction of sp³-hybridized carbons (Fsp3) is 0.562. The molecule has 1 aromatic rings. The number of aryl methyl sites for hydroxylation is 1. The summed E-state index contributed by atoms with van der Waals surface area (Å²) in [7, 11) is 0. The fourth-order valence-electron chi connectivity index (χ4n) is 2.59. The second-order valence-corrected chi connectivity index (χ2v) is 5.77. The number of rotatable bonds is 5. The van der Waals surface area contributed by atoms with Crippen molar-refractivity contribution in [1.82, 2.24) is 5.32 Å². The first-order valence-electron chi connectivity index (χ1n) is 7.31. The molecule has 0 aromatic heterocycles. The fourth-order valence-corrected chi connectivity index (χ4v) is 2.59. The predicted molar refractivity (Wildman–Crippen MR) is 79.7 cm³/mol.